The Hall–Kier alpha value is -1.10. The van der Waals surface area contributed by atoms with Crippen LogP contribution in [-0.2, 0) is 0 Å². The van der Waals surface area contributed by atoms with Crippen LogP contribution in [0, 0.1) is 13.8 Å². The van der Waals surface area contributed by atoms with Gasteiger partial charge < -0.3 is 9.47 Å². The van der Waals surface area contributed by atoms with Gasteiger partial charge in [0.05, 0.1) is 0 Å². The van der Waals surface area contributed by atoms with Gasteiger partial charge in [-0.1, -0.05) is 65.8 Å². The molecule has 0 aromatic heterocycles. The molecule has 2 nitrogen and oxygen atoms in total. The van der Waals surface area contributed by atoms with Gasteiger partial charge in [-0.05, 0) is 63.3 Å². The summed E-state index contributed by atoms with van der Waals surface area (Å²) in [6, 6.07) is 13.0. The van der Waals surface area contributed by atoms with Crippen LogP contribution in [-0.4, -0.2) is 22.0 Å². The minimum Gasteiger partial charge on any atom is -0.481 e. The second-order valence-corrected chi connectivity index (χ2v) is 16.0. The lowest BCUT2D eigenvalue weighted by molar-refractivity contribution is 0.171. The Labute approximate surface area is 172 Å². The molecule has 0 spiro atoms. The van der Waals surface area contributed by atoms with Crippen molar-refractivity contribution in [2.24, 2.45) is 0 Å². The van der Waals surface area contributed by atoms with Crippen LogP contribution in [0.25, 0.3) is 0 Å². The van der Waals surface area contributed by atoms with Crippen molar-refractivity contribution in [3.8, 4) is 11.5 Å². The number of hydrogen-bond acceptors (Lipinski definition) is 2. The van der Waals surface area contributed by atoms with Crippen molar-refractivity contribution in [3.63, 3.8) is 0 Å². The van der Waals surface area contributed by atoms with E-state index in [0.717, 1.165) is 11.5 Å². The van der Waals surface area contributed by atoms with E-state index in [1.165, 1.54) is 21.7 Å². The molecule has 0 aliphatic carbocycles. The molecule has 4 atom stereocenters. The first kappa shape index (κ1) is 20.2. The Morgan fingerprint density at radius 2 is 1.00 bits per heavy atom. The second-order valence-electron chi connectivity index (χ2n) is 9.94. The zero-order valence-electron chi connectivity index (χ0n) is 18.3. The quantitative estimate of drug-likeness (QED) is 0.514. The molecule has 0 saturated heterocycles. The van der Waals surface area contributed by atoms with Gasteiger partial charge in [0, 0.05) is 10.6 Å². The highest BCUT2D eigenvalue weighted by atomic mass is 31.1. The van der Waals surface area contributed by atoms with Gasteiger partial charge in [0.25, 0.3) is 0 Å². The summed E-state index contributed by atoms with van der Waals surface area (Å²) in [6.07, 6.45) is 0. The van der Waals surface area contributed by atoms with E-state index < -0.39 is 15.8 Å². The van der Waals surface area contributed by atoms with Crippen LogP contribution in [0.1, 0.15) is 52.7 Å². The molecule has 0 radical (unpaired) electrons. The third kappa shape index (κ3) is 3.18. The largest absolute Gasteiger partial charge is 0.481 e. The molecule has 0 bridgehead atoms. The molecule has 0 fully saturated rings. The fourth-order valence-corrected chi connectivity index (χ4v) is 11.4. The molecule has 2 aromatic rings. The van der Waals surface area contributed by atoms with Gasteiger partial charge >= 0.3 is 0 Å². The second kappa shape index (κ2) is 6.72. The Morgan fingerprint density at radius 1 is 0.643 bits per heavy atom. The molecule has 0 saturated carbocycles. The first-order chi connectivity index (χ1) is 13.0. The van der Waals surface area contributed by atoms with E-state index in [2.05, 4.69) is 91.8 Å². The Kier molecular flexibility index (Phi) is 4.84. The normalized spacial score (nSPS) is 26.4. The van der Waals surface area contributed by atoms with Gasteiger partial charge in [-0.2, -0.15) is 0 Å². The lowest BCUT2D eigenvalue weighted by atomic mass is 10.2. The van der Waals surface area contributed by atoms with E-state index >= 15 is 0 Å². The summed E-state index contributed by atoms with van der Waals surface area (Å²) in [5.74, 6) is 2.35. The third-order valence-corrected chi connectivity index (χ3v) is 12.6. The Bertz CT molecular complexity index is 832. The standard InChI is InChI=1S/C24H32O2P2/c1-15-11-9-13-17-19(15)27(23(3,4)5)21(25-17)22-26-18-14-10-12-16(2)20(18)28(22)24(6,7)8/h9-14,21-22H,1-8H3. The maximum atomic E-state index is 6.73. The Balaban J connectivity index is 1.84. The predicted octanol–water partition coefficient (Wildman–Crippen LogP) is 6.25. The maximum absolute atomic E-state index is 6.73. The molecule has 0 amide bonds. The first-order valence-corrected chi connectivity index (χ1v) is 12.9. The topological polar surface area (TPSA) is 18.5 Å². The van der Waals surface area contributed by atoms with Crippen LogP contribution >= 0.6 is 15.8 Å². The number of hydrogen-bond donors (Lipinski definition) is 0. The first-order valence-electron chi connectivity index (χ1n) is 10.1. The van der Waals surface area contributed by atoms with E-state index in [9.17, 15) is 0 Å². The monoisotopic (exact) mass is 414 g/mol. The van der Waals surface area contributed by atoms with Crippen LogP contribution in [0.4, 0.5) is 0 Å². The average molecular weight is 414 g/mol. The van der Waals surface area contributed by atoms with E-state index in [1.807, 2.05) is 0 Å². The van der Waals surface area contributed by atoms with Gasteiger partial charge in [0.15, 0.2) is 11.7 Å². The van der Waals surface area contributed by atoms with Gasteiger partial charge in [0.2, 0.25) is 0 Å². The highest BCUT2D eigenvalue weighted by Gasteiger charge is 2.54. The molecule has 2 heterocycles. The average Bonchev–Trinajstić information content (AvgIpc) is 3.13. The van der Waals surface area contributed by atoms with Crippen LogP contribution in [0.2, 0.25) is 0 Å². The molecule has 2 aliphatic rings. The maximum Gasteiger partial charge on any atom is 0.162 e. The summed E-state index contributed by atoms with van der Waals surface area (Å²) in [4.78, 5) is 0. The summed E-state index contributed by atoms with van der Waals surface area (Å²) < 4.78 is 13.5. The van der Waals surface area contributed by atoms with Crippen molar-refractivity contribution in [3.05, 3.63) is 47.5 Å². The molecule has 4 heteroatoms. The number of fused-ring (bicyclic) bond motifs is 2. The SMILES string of the molecule is Cc1cccc2c1P(C(C)(C)C)C(C1Oc3cccc(C)c3P1C(C)(C)C)O2. The van der Waals surface area contributed by atoms with Crippen LogP contribution in [0.15, 0.2) is 36.4 Å². The minimum atomic E-state index is -0.514. The molecule has 28 heavy (non-hydrogen) atoms. The smallest absolute Gasteiger partial charge is 0.162 e. The summed E-state index contributed by atoms with van der Waals surface area (Å²) >= 11 is 0. The van der Waals surface area contributed by atoms with E-state index in [0.29, 0.717) is 0 Å². The molecule has 2 aliphatic heterocycles. The number of rotatable bonds is 1. The van der Waals surface area contributed by atoms with Gasteiger partial charge in [-0.15, -0.1) is 0 Å². The van der Waals surface area contributed by atoms with E-state index in [-0.39, 0.29) is 22.0 Å². The zero-order valence-corrected chi connectivity index (χ0v) is 20.1. The molecular weight excluding hydrogens is 382 g/mol. The lowest BCUT2D eigenvalue weighted by Crippen LogP contribution is -2.38. The van der Waals surface area contributed by atoms with Crippen molar-refractivity contribution in [1.29, 1.82) is 0 Å². The summed E-state index contributed by atoms with van der Waals surface area (Å²) in [5, 5.41) is 3.19. The highest BCUT2D eigenvalue weighted by molar-refractivity contribution is 7.72. The van der Waals surface area contributed by atoms with Gasteiger partial charge in [-0.25, -0.2) is 0 Å². The molecule has 0 N–H and O–H groups in total. The highest BCUT2D eigenvalue weighted by Crippen LogP contribution is 2.68. The zero-order chi connectivity index (χ0) is 20.4. The van der Waals surface area contributed by atoms with Crippen molar-refractivity contribution >= 4 is 26.5 Å². The third-order valence-electron chi connectivity index (χ3n) is 5.58. The van der Waals surface area contributed by atoms with Gasteiger partial charge in [-0.3, -0.25) is 0 Å². The summed E-state index contributed by atoms with van der Waals surface area (Å²) in [7, 11) is -1.03. The van der Waals surface area contributed by atoms with Crippen LogP contribution in [0.5, 0.6) is 11.5 Å². The van der Waals surface area contributed by atoms with Crippen molar-refractivity contribution in [1.82, 2.24) is 0 Å². The summed E-state index contributed by atoms with van der Waals surface area (Å²) in [6.45, 7) is 18.6. The molecule has 4 rings (SSSR count). The summed E-state index contributed by atoms with van der Waals surface area (Å²) in [5.41, 5.74) is 2.71. The van der Waals surface area contributed by atoms with Crippen LogP contribution in [0.3, 0.4) is 0 Å². The number of benzene rings is 2. The number of aryl methyl sites for hydroxylation is 2. The lowest BCUT2D eigenvalue weighted by Gasteiger charge is -2.39. The van der Waals surface area contributed by atoms with Crippen molar-refractivity contribution < 1.29 is 9.47 Å². The molecular formula is C24H32O2P2. The fourth-order valence-electron chi connectivity index (χ4n) is 4.50. The molecule has 150 valence electrons. The van der Waals surface area contributed by atoms with Gasteiger partial charge in [0.1, 0.15) is 11.5 Å². The van der Waals surface area contributed by atoms with Crippen molar-refractivity contribution in [2.75, 3.05) is 0 Å². The molecule has 2 aromatic carbocycles. The molecule has 4 unspecified atom stereocenters. The number of ether oxygens (including phenoxy) is 2. The fraction of sp³-hybridized carbons (Fsp3) is 0.500. The van der Waals surface area contributed by atoms with Crippen molar-refractivity contribution in [2.45, 2.75) is 77.4 Å². The Morgan fingerprint density at radius 3 is 1.32 bits per heavy atom. The minimum absolute atomic E-state index is 0.100. The van der Waals surface area contributed by atoms with E-state index in [1.54, 1.807) is 0 Å². The predicted molar refractivity (Wildman–Crippen MR) is 124 cm³/mol. The van der Waals surface area contributed by atoms with Crippen LogP contribution < -0.4 is 20.1 Å². The van der Waals surface area contributed by atoms with E-state index in [4.69, 9.17) is 9.47 Å².